The lowest BCUT2D eigenvalue weighted by molar-refractivity contribution is -0.120. The second kappa shape index (κ2) is 6.66. The lowest BCUT2D eigenvalue weighted by Crippen LogP contribution is -2.40. The van der Waals surface area contributed by atoms with Gasteiger partial charge < -0.3 is 9.84 Å². The minimum absolute atomic E-state index is 0.0475. The Balaban J connectivity index is 2.40. The van der Waals surface area contributed by atoms with Crippen LogP contribution < -0.4 is 5.32 Å². The summed E-state index contributed by atoms with van der Waals surface area (Å²) < 4.78 is 33.3. The highest BCUT2D eigenvalue weighted by molar-refractivity contribution is 5.73. The summed E-state index contributed by atoms with van der Waals surface area (Å²) in [6.45, 7) is 8.94. The average Bonchev–Trinajstić information content (AvgIpc) is 3.02. The summed E-state index contributed by atoms with van der Waals surface area (Å²) in [6, 6.07) is 0. The summed E-state index contributed by atoms with van der Waals surface area (Å²) in [5.41, 5.74) is -1.04. The molecule has 24 heavy (non-hydrogen) atoms. The molecule has 0 saturated carbocycles. The summed E-state index contributed by atoms with van der Waals surface area (Å²) >= 11 is 0. The van der Waals surface area contributed by atoms with Gasteiger partial charge >= 0.3 is 0 Å². The van der Waals surface area contributed by atoms with Crippen molar-refractivity contribution in [3.8, 4) is 11.5 Å². The molecule has 0 atom stereocenters. The van der Waals surface area contributed by atoms with Crippen molar-refractivity contribution in [1.82, 2.24) is 25.2 Å². The standard InChI is InChI=1S/C15H21F2N5O2/c1-8(2)7-22-11(12(16)17)10(6-18-22)13-19-14(21-24-13)15(4,5)20-9(3)23/h6,8,12H,7H2,1-5H3,(H,20,23). The zero-order valence-electron chi connectivity index (χ0n) is 14.3. The lowest BCUT2D eigenvalue weighted by atomic mass is 10.1. The third kappa shape index (κ3) is 3.77. The molecular formula is C15H21F2N5O2. The number of alkyl halides is 2. The monoisotopic (exact) mass is 341 g/mol. The van der Waals surface area contributed by atoms with Crippen molar-refractivity contribution in [2.75, 3.05) is 0 Å². The Kier molecular flexibility index (Phi) is 5.00. The summed E-state index contributed by atoms with van der Waals surface area (Å²) in [7, 11) is 0. The van der Waals surface area contributed by atoms with Crippen LogP contribution in [0.25, 0.3) is 11.5 Å². The van der Waals surface area contributed by atoms with Crippen LogP contribution in [0, 0.1) is 5.92 Å². The van der Waals surface area contributed by atoms with E-state index in [1.165, 1.54) is 17.8 Å². The maximum absolute atomic E-state index is 13.5. The number of nitrogens with zero attached hydrogens (tertiary/aromatic N) is 4. The predicted octanol–water partition coefficient (Wildman–Crippen LogP) is 2.90. The molecule has 2 aromatic rings. The van der Waals surface area contributed by atoms with Gasteiger partial charge in [0.25, 0.3) is 12.3 Å². The van der Waals surface area contributed by atoms with Gasteiger partial charge in [0.05, 0.1) is 17.3 Å². The van der Waals surface area contributed by atoms with Gasteiger partial charge in [-0.05, 0) is 19.8 Å². The molecule has 0 unspecified atom stereocenters. The van der Waals surface area contributed by atoms with E-state index < -0.39 is 12.0 Å². The summed E-state index contributed by atoms with van der Waals surface area (Å²) in [5.74, 6) is 0.0508. The van der Waals surface area contributed by atoms with Crippen molar-refractivity contribution in [3.05, 3.63) is 17.7 Å². The first-order chi connectivity index (χ1) is 11.1. The van der Waals surface area contributed by atoms with Crippen molar-refractivity contribution in [2.45, 2.75) is 53.1 Å². The predicted molar refractivity (Wildman–Crippen MR) is 82.2 cm³/mol. The van der Waals surface area contributed by atoms with Crippen LogP contribution in [0.2, 0.25) is 0 Å². The van der Waals surface area contributed by atoms with Gasteiger partial charge in [0.1, 0.15) is 5.69 Å². The van der Waals surface area contributed by atoms with Crippen LogP contribution in [-0.4, -0.2) is 25.8 Å². The second-order valence-corrected chi connectivity index (χ2v) is 6.55. The molecule has 0 radical (unpaired) electrons. The van der Waals surface area contributed by atoms with Crippen LogP contribution in [-0.2, 0) is 16.9 Å². The van der Waals surface area contributed by atoms with E-state index in [1.54, 1.807) is 13.8 Å². The Morgan fingerprint density at radius 3 is 2.62 bits per heavy atom. The van der Waals surface area contributed by atoms with Crippen molar-refractivity contribution < 1.29 is 18.1 Å². The molecule has 2 aromatic heterocycles. The van der Waals surface area contributed by atoms with Crippen LogP contribution >= 0.6 is 0 Å². The highest BCUT2D eigenvalue weighted by Gasteiger charge is 2.30. The SMILES string of the molecule is CC(=O)NC(C)(C)c1noc(-c2cnn(CC(C)C)c2C(F)F)n1. The first-order valence-corrected chi connectivity index (χ1v) is 7.59. The summed E-state index contributed by atoms with van der Waals surface area (Å²) in [4.78, 5) is 15.4. The molecule has 0 spiro atoms. The smallest absolute Gasteiger partial charge is 0.280 e. The third-order valence-electron chi connectivity index (χ3n) is 3.33. The first-order valence-electron chi connectivity index (χ1n) is 7.59. The van der Waals surface area contributed by atoms with E-state index in [0.717, 1.165) is 0 Å². The molecule has 9 heteroatoms. The molecule has 7 nitrogen and oxygen atoms in total. The van der Waals surface area contributed by atoms with E-state index in [1.807, 2.05) is 13.8 Å². The van der Waals surface area contributed by atoms with Gasteiger partial charge in [-0.3, -0.25) is 9.48 Å². The van der Waals surface area contributed by atoms with E-state index in [9.17, 15) is 13.6 Å². The van der Waals surface area contributed by atoms with E-state index in [2.05, 4.69) is 20.6 Å². The maximum atomic E-state index is 13.5. The van der Waals surface area contributed by atoms with Gasteiger partial charge in [-0.25, -0.2) is 8.78 Å². The van der Waals surface area contributed by atoms with E-state index >= 15 is 0 Å². The number of carbonyl (C=O) groups is 1. The number of aromatic nitrogens is 4. The molecule has 1 amide bonds. The fraction of sp³-hybridized carbons (Fsp3) is 0.600. The normalized spacial score (nSPS) is 12.2. The zero-order chi connectivity index (χ0) is 18.1. The van der Waals surface area contributed by atoms with Crippen molar-refractivity contribution in [3.63, 3.8) is 0 Å². The number of rotatable bonds is 6. The number of nitrogens with one attached hydrogen (secondary N) is 1. The molecule has 0 aliphatic rings. The first kappa shape index (κ1) is 18.0. The minimum atomic E-state index is -2.72. The van der Waals surface area contributed by atoms with E-state index in [4.69, 9.17) is 4.52 Å². The Morgan fingerprint density at radius 2 is 2.08 bits per heavy atom. The molecule has 2 heterocycles. The Bertz CT molecular complexity index is 721. The molecule has 0 bridgehead atoms. The van der Waals surface area contributed by atoms with Crippen LogP contribution in [0.5, 0.6) is 0 Å². The molecule has 0 aliphatic carbocycles. The topological polar surface area (TPSA) is 85.8 Å². The molecule has 0 fully saturated rings. The highest BCUT2D eigenvalue weighted by Crippen LogP contribution is 2.31. The fourth-order valence-corrected chi connectivity index (χ4v) is 2.36. The van der Waals surface area contributed by atoms with Crippen molar-refractivity contribution >= 4 is 5.91 Å². The van der Waals surface area contributed by atoms with Crippen LogP contribution in [0.15, 0.2) is 10.7 Å². The molecule has 0 aliphatic heterocycles. The zero-order valence-corrected chi connectivity index (χ0v) is 14.3. The molecular weight excluding hydrogens is 320 g/mol. The Morgan fingerprint density at radius 1 is 1.42 bits per heavy atom. The minimum Gasteiger partial charge on any atom is -0.344 e. The van der Waals surface area contributed by atoms with Crippen LogP contribution in [0.4, 0.5) is 8.78 Å². The second-order valence-electron chi connectivity index (χ2n) is 6.55. The number of amides is 1. The van der Waals surface area contributed by atoms with E-state index in [-0.39, 0.29) is 34.8 Å². The maximum Gasteiger partial charge on any atom is 0.280 e. The van der Waals surface area contributed by atoms with Gasteiger partial charge in [-0.2, -0.15) is 10.1 Å². The quantitative estimate of drug-likeness (QED) is 0.873. The number of carbonyl (C=O) groups excluding carboxylic acids is 1. The third-order valence-corrected chi connectivity index (χ3v) is 3.33. The lowest BCUT2D eigenvalue weighted by Gasteiger charge is -2.20. The van der Waals surface area contributed by atoms with E-state index in [0.29, 0.717) is 6.54 Å². The van der Waals surface area contributed by atoms with Gasteiger partial charge in [-0.1, -0.05) is 19.0 Å². The van der Waals surface area contributed by atoms with Gasteiger partial charge in [-0.15, -0.1) is 0 Å². The van der Waals surface area contributed by atoms with Gasteiger partial charge in [0.15, 0.2) is 5.82 Å². The molecule has 132 valence electrons. The Labute approximate surface area is 138 Å². The highest BCUT2D eigenvalue weighted by atomic mass is 19.3. The largest absolute Gasteiger partial charge is 0.344 e. The number of hydrogen-bond donors (Lipinski definition) is 1. The average molecular weight is 341 g/mol. The molecule has 2 rings (SSSR count). The summed E-state index contributed by atoms with van der Waals surface area (Å²) in [6.07, 6.45) is -1.42. The van der Waals surface area contributed by atoms with Crippen LogP contribution in [0.1, 0.15) is 52.6 Å². The van der Waals surface area contributed by atoms with Crippen molar-refractivity contribution in [1.29, 1.82) is 0 Å². The molecule has 0 aromatic carbocycles. The summed E-state index contributed by atoms with van der Waals surface area (Å²) in [5, 5.41) is 10.5. The number of hydrogen-bond acceptors (Lipinski definition) is 5. The fourth-order valence-electron chi connectivity index (χ4n) is 2.36. The number of halogens is 2. The molecule has 1 N–H and O–H groups in total. The van der Waals surface area contributed by atoms with Crippen LogP contribution in [0.3, 0.4) is 0 Å². The van der Waals surface area contributed by atoms with Gasteiger partial charge in [0, 0.05) is 13.5 Å². The Hall–Kier alpha value is -2.32. The molecule has 0 saturated heterocycles. The van der Waals surface area contributed by atoms with Gasteiger partial charge in [0.2, 0.25) is 5.91 Å². The van der Waals surface area contributed by atoms with Crippen molar-refractivity contribution in [2.24, 2.45) is 5.92 Å².